The minimum atomic E-state index is -1.97. The molecule has 1 aliphatic heterocycles. The molecule has 1 aromatic heterocycles. The standard InChI is InChI=1S/C20H29N3O3Si/c1-7-25-19(24)18-21-16-13-15(26-27(5,6)20(2,3)4)17(23(16)22-18)14-11-9-8-10-12-14/h8-12,15,17H,7,13H2,1-6H3/t15-,17-/m0/s1. The number of esters is 1. The zero-order valence-corrected chi connectivity index (χ0v) is 18.0. The first-order chi connectivity index (χ1) is 12.6. The number of hydrogen-bond acceptors (Lipinski definition) is 5. The van der Waals surface area contributed by atoms with Gasteiger partial charge in [-0.15, -0.1) is 5.10 Å². The fourth-order valence-electron chi connectivity index (χ4n) is 3.12. The number of carbonyl (C=O) groups is 1. The summed E-state index contributed by atoms with van der Waals surface area (Å²) in [4.78, 5) is 16.5. The van der Waals surface area contributed by atoms with E-state index in [2.05, 4.69) is 56.1 Å². The Balaban J connectivity index is 1.96. The van der Waals surface area contributed by atoms with Crippen LogP contribution in [0.2, 0.25) is 18.1 Å². The molecule has 27 heavy (non-hydrogen) atoms. The maximum Gasteiger partial charge on any atom is 0.378 e. The van der Waals surface area contributed by atoms with Crippen molar-refractivity contribution < 1.29 is 14.0 Å². The van der Waals surface area contributed by atoms with Gasteiger partial charge in [-0.1, -0.05) is 51.1 Å². The lowest BCUT2D eigenvalue weighted by Gasteiger charge is -2.39. The summed E-state index contributed by atoms with van der Waals surface area (Å²) >= 11 is 0. The molecular weight excluding hydrogens is 358 g/mol. The quantitative estimate of drug-likeness (QED) is 0.573. The molecule has 0 fully saturated rings. The first-order valence-corrected chi connectivity index (χ1v) is 12.4. The predicted octanol–water partition coefficient (Wildman–Crippen LogP) is 3.99. The van der Waals surface area contributed by atoms with Crippen molar-refractivity contribution in [3.63, 3.8) is 0 Å². The SMILES string of the molecule is CCOC(=O)c1nc2n(n1)[C@@H](c1ccccc1)[C@@H](O[Si](C)(C)C(C)(C)C)C2. The van der Waals surface area contributed by atoms with Crippen LogP contribution >= 0.6 is 0 Å². The topological polar surface area (TPSA) is 66.2 Å². The van der Waals surface area contributed by atoms with E-state index >= 15 is 0 Å². The summed E-state index contributed by atoms with van der Waals surface area (Å²) in [7, 11) is -1.97. The van der Waals surface area contributed by atoms with Gasteiger partial charge in [0.15, 0.2) is 8.32 Å². The molecule has 0 aliphatic carbocycles. The zero-order chi connectivity index (χ0) is 19.8. The van der Waals surface area contributed by atoms with Gasteiger partial charge in [-0.3, -0.25) is 0 Å². The van der Waals surface area contributed by atoms with Gasteiger partial charge in [-0.25, -0.2) is 14.5 Å². The van der Waals surface area contributed by atoms with Crippen LogP contribution in [-0.4, -0.2) is 41.8 Å². The van der Waals surface area contributed by atoms with Crippen molar-refractivity contribution in [2.75, 3.05) is 6.61 Å². The van der Waals surface area contributed by atoms with E-state index in [-0.39, 0.29) is 23.0 Å². The number of nitrogens with zero attached hydrogens (tertiary/aromatic N) is 3. The normalized spacial score (nSPS) is 19.8. The molecule has 6 nitrogen and oxygen atoms in total. The highest BCUT2D eigenvalue weighted by Gasteiger charge is 2.45. The summed E-state index contributed by atoms with van der Waals surface area (Å²) in [5.74, 6) is 0.419. The first kappa shape index (κ1) is 19.8. The molecule has 0 unspecified atom stereocenters. The van der Waals surface area contributed by atoms with E-state index in [4.69, 9.17) is 9.16 Å². The summed E-state index contributed by atoms with van der Waals surface area (Å²) in [6.07, 6.45) is 0.595. The molecule has 2 atom stereocenters. The van der Waals surface area contributed by atoms with Crippen molar-refractivity contribution in [3.05, 3.63) is 47.5 Å². The van der Waals surface area contributed by atoms with Crippen molar-refractivity contribution in [2.45, 2.75) is 64.4 Å². The molecule has 146 valence electrons. The molecule has 0 amide bonds. The summed E-state index contributed by atoms with van der Waals surface area (Å²) in [6.45, 7) is 13.3. The molecule has 7 heteroatoms. The largest absolute Gasteiger partial charge is 0.460 e. The predicted molar refractivity (Wildman–Crippen MR) is 106 cm³/mol. The maximum atomic E-state index is 12.1. The van der Waals surface area contributed by atoms with Gasteiger partial charge in [0.1, 0.15) is 11.9 Å². The van der Waals surface area contributed by atoms with E-state index in [9.17, 15) is 4.79 Å². The van der Waals surface area contributed by atoms with Crippen LogP contribution in [0.4, 0.5) is 0 Å². The minimum Gasteiger partial charge on any atom is -0.460 e. The number of rotatable bonds is 5. The number of ether oxygens (including phenoxy) is 1. The molecule has 0 radical (unpaired) electrons. The van der Waals surface area contributed by atoms with Gasteiger partial charge in [0, 0.05) is 6.42 Å². The van der Waals surface area contributed by atoms with Gasteiger partial charge >= 0.3 is 5.97 Å². The highest BCUT2D eigenvalue weighted by Crippen LogP contribution is 2.41. The second-order valence-electron chi connectivity index (χ2n) is 8.49. The number of hydrogen-bond donors (Lipinski definition) is 0. The van der Waals surface area contributed by atoms with Gasteiger partial charge in [-0.05, 0) is 30.6 Å². The lowest BCUT2D eigenvalue weighted by atomic mass is 10.0. The molecule has 0 bridgehead atoms. The van der Waals surface area contributed by atoms with Crippen molar-refractivity contribution >= 4 is 14.3 Å². The molecular formula is C20H29N3O3Si. The van der Waals surface area contributed by atoms with E-state index in [1.807, 2.05) is 22.9 Å². The summed E-state index contributed by atoms with van der Waals surface area (Å²) in [5, 5.41) is 4.59. The third-order valence-electron chi connectivity index (χ3n) is 5.55. The Morgan fingerprint density at radius 1 is 1.26 bits per heavy atom. The van der Waals surface area contributed by atoms with Gasteiger partial charge < -0.3 is 9.16 Å². The Labute approximate surface area is 162 Å². The highest BCUT2D eigenvalue weighted by molar-refractivity contribution is 6.74. The molecule has 0 saturated heterocycles. The van der Waals surface area contributed by atoms with E-state index in [1.54, 1.807) is 6.92 Å². The molecule has 0 spiro atoms. The van der Waals surface area contributed by atoms with Gasteiger partial charge in [0.25, 0.3) is 5.82 Å². The Morgan fingerprint density at radius 2 is 1.93 bits per heavy atom. The summed E-state index contributed by atoms with van der Waals surface area (Å²) in [5.41, 5.74) is 1.11. The third-order valence-corrected chi connectivity index (χ3v) is 10.1. The summed E-state index contributed by atoms with van der Waals surface area (Å²) in [6, 6.07) is 10.1. The van der Waals surface area contributed by atoms with Crippen LogP contribution in [0.1, 0.15) is 55.7 Å². The monoisotopic (exact) mass is 387 g/mol. The van der Waals surface area contributed by atoms with Crippen LogP contribution in [0.25, 0.3) is 0 Å². The van der Waals surface area contributed by atoms with Crippen molar-refractivity contribution in [1.82, 2.24) is 14.8 Å². The van der Waals surface area contributed by atoms with Crippen LogP contribution in [0.3, 0.4) is 0 Å². The fraction of sp³-hybridized carbons (Fsp3) is 0.550. The average Bonchev–Trinajstić information content (AvgIpc) is 3.11. The summed E-state index contributed by atoms with van der Waals surface area (Å²) < 4.78 is 13.6. The molecule has 3 rings (SSSR count). The third kappa shape index (κ3) is 3.84. The van der Waals surface area contributed by atoms with Crippen LogP contribution in [-0.2, 0) is 15.6 Å². The Hall–Kier alpha value is -1.99. The lowest BCUT2D eigenvalue weighted by molar-refractivity contribution is 0.0509. The van der Waals surface area contributed by atoms with Crippen molar-refractivity contribution in [3.8, 4) is 0 Å². The van der Waals surface area contributed by atoms with Gasteiger partial charge in [0.2, 0.25) is 0 Å². The first-order valence-electron chi connectivity index (χ1n) is 9.49. The number of carbonyl (C=O) groups excluding carboxylic acids is 1. The van der Waals surface area contributed by atoms with E-state index < -0.39 is 14.3 Å². The molecule has 1 aliphatic rings. The number of benzene rings is 1. The molecule has 1 aromatic carbocycles. The highest BCUT2D eigenvalue weighted by atomic mass is 28.4. The van der Waals surface area contributed by atoms with Crippen molar-refractivity contribution in [1.29, 1.82) is 0 Å². The van der Waals surface area contributed by atoms with Gasteiger partial charge in [-0.2, -0.15) is 0 Å². The van der Waals surface area contributed by atoms with Crippen LogP contribution in [0.15, 0.2) is 30.3 Å². The van der Waals surface area contributed by atoms with E-state index in [0.717, 1.165) is 11.4 Å². The minimum absolute atomic E-state index is 0.0421. The van der Waals surface area contributed by atoms with E-state index in [1.165, 1.54) is 0 Å². The Kier molecular flexibility index (Phi) is 5.27. The zero-order valence-electron chi connectivity index (χ0n) is 17.0. The average molecular weight is 388 g/mol. The number of aromatic nitrogens is 3. The molecule has 0 N–H and O–H groups in total. The van der Waals surface area contributed by atoms with Crippen LogP contribution < -0.4 is 0 Å². The molecule has 0 saturated carbocycles. The maximum absolute atomic E-state index is 12.1. The smallest absolute Gasteiger partial charge is 0.378 e. The second-order valence-corrected chi connectivity index (χ2v) is 13.2. The number of fused-ring (bicyclic) bond motifs is 1. The fourth-order valence-corrected chi connectivity index (χ4v) is 4.44. The second kappa shape index (κ2) is 7.20. The van der Waals surface area contributed by atoms with Crippen LogP contribution in [0.5, 0.6) is 0 Å². The molecule has 2 heterocycles. The Bertz CT molecular complexity index is 812. The van der Waals surface area contributed by atoms with Gasteiger partial charge in [0.05, 0.1) is 12.7 Å². The van der Waals surface area contributed by atoms with Crippen LogP contribution in [0, 0.1) is 0 Å². The van der Waals surface area contributed by atoms with Crippen molar-refractivity contribution in [2.24, 2.45) is 0 Å². The Morgan fingerprint density at radius 3 is 2.52 bits per heavy atom. The molecule has 2 aromatic rings. The lowest BCUT2D eigenvalue weighted by Crippen LogP contribution is -2.45. The van der Waals surface area contributed by atoms with E-state index in [0.29, 0.717) is 13.0 Å².